The number of benzene rings is 1. The molecule has 0 bridgehead atoms. The second-order valence-electron chi connectivity index (χ2n) is 2.99. The molecule has 0 aliphatic heterocycles. The predicted molar refractivity (Wildman–Crippen MR) is 74.3 cm³/mol. The Balaban J connectivity index is 2.79. The molecule has 0 aliphatic rings. The average molecular weight is 284 g/mol. The third kappa shape index (κ3) is 1.41. The van der Waals surface area contributed by atoms with Crippen molar-refractivity contribution in [3.63, 3.8) is 0 Å². The number of hydrogen-bond donors (Lipinski definition) is 0. The van der Waals surface area contributed by atoms with Gasteiger partial charge in [-0.15, -0.1) is 45.3 Å². The SMILES string of the molecule is O=c1c2sccsc2c(=O)c2sccsc12. The minimum Gasteiger partial charge on any atom is -0.287 e. The molecule has 0 saturated carbocycles. The standard InChI is InChI=1S/C10H4O2S4/c11-5-7-8(14-2-1-13-7)6(12)10-9(5)15-3-4-16-10/h1-4H. The maximum Gasteiger partial charge on any atom is 0.216 e. The van der Waals surface area contributed by atoms with Gasteiger partial charge in [-0.2, -0.15) is 0 Å². The van der Waals surface area contributed by atoms with Gasteiger partial charge < -0.3 is 0 Å². The van der Waals surface area contributed by atoms with E-state index in [1.807, 2.05) is 21.5 Å². The summed E-state index contributed by atoms with van der Waals surface area (Å²) in [7, 11) is 0. The van der Waals surface area contributed by atoms with Gasteiger partial charge >= 0.3 is 0 Å². The molecule has 6 heteroatoms. The van der Waals surface area contributed by atoms with Crippen molar-refractivity contribution in [3.05, 3.63) is 42.0 Å². The molecule has 2 nitrogen and oxygen atoms in total. The van der Waals surface area contributed by atoms with Crippen LogP contribution in [0, 0.1) is 0 Å². The zero-order valence-electron chi connectivity index (χ0n) is 7.76. The maximum atomic E-state index is 12.1. The zero-order valence-corrected chi connectivity index (χ0v) is 11.0. The highest BCUT2D eigenvalue weighted by Crippen LogP contribution is 2.23. The van der Waals surface area contributed by atoms with Crippen LogP contribution in [0.5, 0.6) is 0 Å². The van der Waals surface area contributed by atoms with Crippen molar-refractivity contribution in [1.82, 2.24) is 0 Å². The van der Waals surface area contributed by atoms with E-state index in [4.69, 9.17) is 0 Å². The Labute approximate surface area is 106 Å². The van der Waals surface area contributed by atoms with Gasteiger partial charge in [0.25, 0.3) is 0 Å². The van der Waals surface area contributed by atoms with E-state index in [-0.39, 0.29) is 10.9 Å². The van der Waals surface area contributed by atoms with E-state index in [1.165, 1.54) is 45.3 Å². The monoisotopic (exact) mass is 284 g/mol. The molecule has 1 aromatic carbocycles. The Morgan fingerprint density at radius 2 is 0.812 bits per heavy atom. The molecular weight excluding hydrogens is 280 g/mol. The van der Waals surface area contributed by atoms with Gasteiger partial charge in [0.2, 0.25) is 10.9 Å². The van der Waals surface area contributed by atoms with E-state index in [2.05, 4.69) is 0 Å². The van der Waals surface area contributed by atoms with E-state index >= 15 is 0 Å². The van der Waals surface area contributed by atoms with Gasteiger partial charge in [0.05, 0.1) is 18.8 Å². The Morgan fingerprint density at radius 3 is 1.06 bits per heavy atom. The van der Waals surface area contributed by atoms with Gasteiger partial charge in [0.1, 0.15) is 0 Å². The van der Waals surface area contributed by atoms with Gasteiger partial charge in [0, 0.05) is 21.5 Å². The number of fused-ring (bicyclic) bond motifs is 2. The molecular formula is C10H4O2S4. The van der Waals surface area contributed by atoms with Crippen molar-refractivity contribution in [1.29, 1.82) is 0 Å². The Morgan fingerprint density at radius 1 is 0.562 bits per heavy atom. The van der Waals surface area contributed by atoms with E-state index in [0.717, 1.165) is 0 Å². The molecule has 0 N–H and O–H groups in total. The molecule has 0 atom stereocenters. The molecule has 80 valence electrons. The first-order chi connectivity index (χ1) is 7.79. The van der Waals surface area contributed by atoms with Crippen LogP contribution in [0.15, 0.2) is 31.1 Å². The Bertz CT molecular complexity index is 672. The van der Waals surface area contributed by atoms with Crippen LogP contribution in [0.4, 0.5) is 0 Å². The molecule has 3 rings (SSSR count). The summed E-state index contributed by atoms with van der Waals surface area (Å²) in [6.07, 6.45) is 0. The van der Waals surface area contributed by atoms with Gasteiger partial charge in [-0.3, -0.25) is 9.59 Å². The maximum absolute atomic E-state index is 12.1. The summed E-state index contributed by atoms with van der Waals surface area (Å²) in [4.78, 5) is 24.3. The molecule has 2 heterocycles. The van der Waals surface area contributed by atoms with Crippen LogP contribution >= 0.6 is 45.3 Å². The fourth-order valence-electron chi connectivity index (χ4n) is 1.43. The first-order valence-electron chi connectivity index (χ1n) is 4.33. The van der Waals surface area contributed by atoms with Gasteiger partial charge in [-0.1, -0.05) is 0 Å². The smallest absolute Gasteiger partial charge is 0.216 e. The van der Waals surface area contributed by atoms with E-state index in [0.29, 0.717) is 18.8 Å². The highest BCUT2D eigenvalue weighted by atomic mass is 32.1. The Kier molecular flexibility index (Phi) is 2.51. The predicted octanol–water partition coefficient (Wildman–Crippen LogP) is 3.52. The lowest BCUT2D eigenvalue weighted by Crippen LogP contribution is -2.09. The van der Waals surface area contributed by atoms with E-state index in [9.17, 15) is 9.59 Å². The van der Waals surface area contributed by atoms with Crippen LogP contribution in [0.1, 0.15) is 0 Å². The highest BCUT2D eigenvalue weighted by molar-refractivity contribution is 7.29. The van der Waals surface area contributed by atoms with Crippen LogP contribution < -0.4 is 10.9 Å². The second-order valence-corrected chi connectivity index (χ2v) is 6.65. The van der Waals surface area contributed by atoms with Crippen molar-refractivity contribution < 1.29 is 0 Å². The summed E-state index contributed by atoms with van der Waals surface area (Å²) in [5.41, 5.74) is -0.0124. The summed E-state index contributed by atoms with van der Waals surface area (Å²) in [5.74, 6) is 0. The van der Waals surface area contributed by atoms with Gasteiger partial charge in [-0.05, 0) is 0 Å². The molecule has 0 saturated heterocycles. The van der Waals surface area contributed by atoms with Crippen molar-refractivity contribution in [2.75, 3.05) is 0 Å². The molecule has 2 aromatic heterocycles. The molecule has 0 radical (unpaired) electrons. The highest BCUT2D eigenvalue weighted by Gasteiger charge is 2.11. The summed E-state index contributed by atoms with van der Waals surface area (Å²) in [5, 5.41) is 7.38. The minimum atomic E-state index is -0.00620. The van der Waals surface area contributed by atoms with E-state index in [1.54, 1.807) is 0 Å². The van der Waals surface area contributed by atoms with Crippen molar-refractivity contribution in [2.45, 2.75) is 0 Å². The molecule has 0 amide bonds. The molecule has 0 unspecified atom stereocenters. The van der Waals surface area contributed by atoms with Crippen LogP contribution in [0.3, 0.4) is 0 Å². The lowest BCUT2D eigenvalue weighted by atomic mass is 10.3. The summed E-state index contributed by atoms with van der Waals surface area (Å²) >= 11 is 5.37. The number of hydrogen-bond acceptors (Lipinski definition) is 6. The summed E-state index contributed by atoms with van der Waals surface area (Å²) < 4.78 is 2.33. The lowest BCUT2D eigenvalue weighted by Gasteiger charge is -1.96. The fraction of sp³-hybridized carbons (Fsp3) is 0. The van der Waals surface area contributed by atoms with Crippen molar-refractivity contribution >= 4 is 64.1 Å². The molecule has 0 fully saturated rings. The molecule has 3 aromatic rings. The average Bonchev–Trinajstić information content (AvgIpc) is 2.36. The van der Waals surface area contributed by atoms with Crippen LogP contribution in [0.2, 0.25) is 0 Å². The van der Waals surface area contributed by atoms with Crippen molar-refractivity contribution in [3.8, 4) is 0 Å². The van der Waals surface area contributed by atoms with Crippen molar-refractivity contribution in [2.24, 2.45) is 0 Å². The first kappa shape index (κ1) is 10.3. The van der Waals surface area contributed by atoms with Crippen LogP contribution in [-0.4, -0.2) is 0 Å². The normalized spacial score (nSPS) is 11.0. The van der Waals surface area contributed by atoms with E-state index < -0.39 is 0 Å². The third-order valence-electron chi connectivity index (χ3n) is 2.09. The van der Waals surface area contributed by atoms with Crippen LogP contribution in [0.25, 0.3) is 18.8 Å². The topological polar surface area (TPSA) is 34.1 Å². The van der Waals surface area contributed by atoms with Gasteiger partial charge in [0.15, 0.2) is 0 Å². The summed E-state index contributed by atoms with van der Waals surface area (Å²) in [6.45, 7) is 0. The molecule has 0 spiro atoms. The number of rotatable bonds is 0. The lowest BCUT2D eigenvalue weighted by molar-refractivity contribution is 1.86. The quantitative estimate of drug-likeness (QED) is 0.592. The molecule has 16 heavy (non-hydrogen) atoms. The largest absolute Gasteiger partial charge is 0.287 e. The third-order valence-corrected chi connectivity index (χ3v) is 6.28. The molecule has 0 aliphatic carbocycles. The Hall–Kier alpha value is -0.820. The fourth-order valence-corrected chi connectivity index (χ4v) is 5.21. The second kappa shape index (κ2) is 3.89. The van der Waals surface area contributed by atoms with Crippen LogP contribution in [-0.2, 0) is 0 Å². The van der Waals surface area contributed by atoms with Gasteiger partial charge in [-0.25, -0.2) is 0 Å². The minimum absolute atomic E-state index is 0.00620. The zero-order chi connectivity index (χ0) is 11.1. The summed E-state index contributed by atoms with van der Waals surface area (Å²) in [6, 6.07) is 0. The first-order valence-corrected chi connectivity index (χ1v) is 7.85.